The second-order valence-corrected chi connectivity index (χ2v) is 2.67. The minimum absolute atomic E-state index is 0.193. The summed E-state index contributed by atoms with van der Waals surface area (Å²) in [5, 5.41) is 8.61. The molecular formula is C9H9FN2O2. The fourth-order valence-electron chi connectivity index (χ4n) is 1.18. The number of hydrogen-bond acceptors (Lipinski definition) is 3. The lowest BCUT2D eigenvalue weighted by Gasteiger charge is -2.03. The Balaban J connectivity index is 2.36. The van der Waals surface area contributed by atoms with E-state index >= 15 is 0 Å². The Morgan fingerprint density at radius 1 is 1.64 bits per heavy atom. The van der Waals surface area contributed by atoms with Crippen LogP contribution in [0, 0.1) is 5.82 Å². The van der Waals surface area contributed by atoms with E-state index < -0.39 is 19.0 Å². The fourth-order valence-corrected chi connectivity index (χ4v) is 1.18. The fraction of sp³-hybridized carbons (Fsp3) is 0.222. The highest BCUT2D eigenvalue weighted by molar-refractivity contribution is 5.76. The van der Waals surface area contributed by atoms with Crippen LogP contribution in [0.5, 0.6) is 5.75 Å². The summed E-state index contributed by atoms with van der Waals surface area (Å²) in [7, 11) is 0. The van der Waals surface area contributed by atoms with E-state index in [0.717, 1.165) is 6.07 Å². The molecule has 4 nitrogen and oxygen atoms in total. The number of hydrogen-bond donors (Lipinski definition) is 2. The predicted molar refractivity (Wildman–Crippen MR) is 48.6 cm³/mol. The second kappa shape index (κ2) is 3.63. The summed E-state index contributed by atoms with van der Waals surface area (Å²) < 4.78 is 25.5. The van der Waals surface area contributed by atoms with Gasteiger partial charge in [-0.2, -0.15) is 0 Å². The minimum Gasteiger partial charge on any atom is -0.491 e. The summed E-state index contributed by atoms with van der Waals surface area (Å²) in [6.07, 6.45) is 1.38. The van der Waals surface area contributed by atoms with E-state index in [1.54, 1.807) is 0 Å². The highest BCUT2D eigenvalue weighted by Gasteiger charge is 2.06. The van der Waals surface area contributed by atoms with Gasteiger partial charge in [0.1, 0.15) is 17.8 Å². The van der Waals surface area contributed by atoms with Crippen molar-refractivity contribution >= 4 is 11.0 Å². The van der Waals surface area contributed by atoms with Crippen molar-refractivity contribution < 1.29 is 15.6 Å². The van der Waals surface area contributed by atoms with Gasteiger partial charge in [-0.15, -0.1) is 0 Å². The molecule has 0 aliphatic rings. The number of ether oxygens (including phenoxy) is 1. The van der Waals surface area contributed by atoms with Gasteiger partial charge in [0.2, 0.25) is 0 Å². The van der Waals surface area contributed by atoms with Crippen molar-refractivity contribution in [1.82, 2.24) is 9.97 Å². The molecule has 2 aromatic rings. The number of nitrogens with one attached hydrogen (secondary N) is 1. The lowest BCUT2D eigenvalue weighted by Crippen LogP contribution is -2.01. The number of fused-ring (bicyclic) bond motifs is 1. The summed E-state index contributed by atoms with van der Waals surface area (Å²) in [6, 6.07) is 2.67. The molecule has 0 spiro atoms. The molecule has 1 heterocycles. The molecule has 1 unspecified atom stereocenters. The number of rotatable bonds is 3. The number of imidazole rings is 1. The Kier molecular flexibility index (Phi) is 2.01. The summed E-state index contributed by atoms with van der Waals surface area (Å²) in [4.78, 5) is 6.51. The van der Waals surface area contributed by atoms with Crippen molar-refractivity contribution in [3.63, 3.8) is 0 Å². The topological polar surface area (TPSA) is 58.1 Å². The van der Waals surface area contributed by atoms with Gasteiger partial charge in [-0.3, -0.25) is 0 Å². The maximum atomic E-state index is 13.3. The third kappa shape index (κ3) is 1.54. The molecule has 0 bridgehead atoms. The van der Waals surface area contributed by atoms with Gasteiger partial charge in [0.05, 0.1) is 19.8 Å². The van der Waals surface area contributed by atoms with Crippen LogP contribution in [0.3, 0.4) is 0 Å². The Labute approximate surface area is 80.8 Å². The number of aromatic nitrogens is 2. The Morgan fingerprint density at radius 2 is 2.50 bits per heavy atom. The molecule has 1 aromatic carbocycles. The first-order valence-electron chi connectivity index (χ1n) is 4.61. The summed E-state index contributed by atoms with van der Waals surface area (Å²) in [6.45, 7) is -1.55. The lowest BCUT2D eigenvalue weighted by atomic mass is 10.3. The first kappa shape index (κ1) is 7.75. The summed E-state index contributed by atoms with van der Waals surface area (Å²) in [5.74, 6) is -0.327. The number of H-pyrrole nitrogens is 1. The number of aliphatic hydroxyl groups excluding tert-OH is 1. The minimum atomic E-state index is -1.11. The normalized spacial score (nSPS) is 14.0. The highest BCUT2D eigenvalue weighted by atomic mass is 19.1. The average molecular weight is 197 g/mol. The number of nitrogens with zero attached hydrogens (tertiary/aromatic N) is 1. The molecule has 0 fully saturated rings. The molecule has 0 saturated heterocycles. The zero-order chi connectivity index (χ0) is 10.8. The SMILES string of the molecule is [2H]C(CO)Oc1cc(F)c2nc[nH]c2c1. The molecule has 14 heavy (non-hydrogen) atoms. The quantitative estimate of drug-likeness (QED) is 0.773. The monoisotopic (exact) mass is 197 g/mol. The maximum Gasteiger partial charge on any atom is 0.154 e. The number of aliphatic hydroxyl groups is 1. The third-order valence-electron chi connectivity index (χ3n) is 1.74. The Morgan fingerprint density at radius 3 is 3.29 bits per heavy atom. The van der Waals surface area contributed by atoms with Crippen LogP contribution in [0.1, 0.15) is 1.37 Å². The van der Waals surface area contributed by atoms with E-state index in [1.165, 1.54) is 12.4 Å². The van der Waals surface area contributed by atoms with Crippen LogP contribution >= 0.6 is 0 Å². The van der Waals surface area contributed by atoms with Gasteiger partial charge in [-0.1, -0.05) is 0 Å². The molecule has 74 valence electrons. The molecule has 0 aliphatic carbocycles. The maximum absolute atomic E-state index is 13.3. The van der Waals surface area contributed by atoms with Crippen LogP contribution < -0.4 is 4.74 Å². The first-order valence-corrected chi connectivity index (χ1v) is 4.03. The van der Waals surface area contributed by atoms with Crippen LogP contribution in [0.4, 0.5) is 4.39 Å². The van der Waals surface area contributed by atoms with Crippen LogP contribution in [-0.2, 0) is 0 Å². The van der Waals surface area contributed by atoms with Gasteiger partial charge in [-0.25, -0.2) is 9.37 Å². The molecular weight excluding hydrogens is 187 g/mol. The standard InChI is InChI=1S/C9H9FN2O2/c10-7-3-6(14-2-1-13)4-8-9(7)12-5-11-8/h3-5,13H,1-2H2,(H,11,12)/i2D. The van der Waals surface area contributed by atoms with Crippen LogP contribution in [-0.4, -0.2) is 28.3 Å². The van der Waals surface area contributed by atoms with E-state index in [1.807, 2.05) is 0 Å². The third-order valence-corrected chi connectivity index (χ3v) is 1.74. The van der Waals surface area contributed by atoms with Gasteiger partial charge >= 0.3 is 0 Å². The zero-order valence-electron chi connectivity index (χ0n) is 8.20. The average Bonchev–Trinajstić information content (AvgIpc) is 2.66. The molecule has 0 amide bonds. The van der Waals surface area contributed by atoms with Gasteiger partial charge in [-0.05, 0) is 0 Å². The van der Waals surface area contributed by atoms with Gasteiger partial charge < -0.3 is 14.8 Å². The second-order valence-electron chi connectivity index (χ2n) is 2.67. The molecule has 1 aromatic heterocycles. The van der Waals surface area contributed by atoms with E-state index in [2.05, 4.69) is 9.97 Å². The van der Waals surface area contributed by atoms with E-state index in [9.17, 15) is 4.39 Å². The van der Waals surface area contributed by atoms with Crippen molar-refractivity contribution in [2.45, 2.75) is 0 Å². The predicted octanol–water partition coefficient (Wildman–Crippen LogP) is 1.07. The van der Waals surface area contributed by atoms with Gasteiger partial charge in [0, 0.05) is 12.1 Å². The summed E-state index contributed by atoms with van der Waals surface area (Å²) in [5.41, 5.74) is 0.725. The molecule has 0 radical (unpaired) electrons. The van der Waals surface area contributed by atoms with Crippen LogP contribution in [0.15, 0.2) is 18.5 Å². The number of benzene rings is 1. The highest BCUT2D eigenvalue weighted by Crippen LogP contribution is 2.21. The smallest absolute Gasteiger partial charge is 0.154 e. The van der Waals surface area contributed by atoms with Crippen LogP contribution in [0.2, 0.25) is 0 Å². The van der Waals surface area contributed by atoms with Crippen molar-refractivity contribution in [3.05, 3.63) is 24.3 Å². The molecule has 0 saturated carbocycles. The lowest BCUT2D eigenvalue weighted by molar-refractivity contribution is 0.201. The molecule has 2 rings (SSSR count). The Bertz CT molecular complexity index is 474. The van der Waals surface area contributed by atoms with Crippen molar-refractivity contribution in [2.24, 2.45) is 0 Å². The van der Waals surface area contributed by atoms with Crippen molar-refractivity contribution in [2.75, 3.05) is 13.2 Å². The summed E-state index contributed by atoms with van der Waals surface area (Å²) >= 11 is 0. The first-order chi connectivity index (χ1) is 7.20. The van der Waals surface area contributed by atoms with Gasteiger partial charge in [0.15, 0.2) is 5.82 Å². The number of halogens is 1. The van der Waals surface area contributed by atoms with E-state index in [4.69, 9.17) is 11.2 Å². The molecule has 1 atom stereocenters. The molecule has 0 aliphatic heterocycles. The van der Waals surface area contributed by atoms with Crippen molar-refractivity contribution in [3.8, 4) is 5.75 Å². The van der Waals surface area contributed by atoms with E-state index in [0.29, 0.717) is 5.52 Å². The zero-order valence-corrected chi connectivity index (χ0v) is 7.20. The molecule has 2 N–H and O–H groups in total. The number of aromatic amines is 1. The van der Waals surface area contributed by atoms with Crippen molar-refractivity contribution in [1.29, 1.82) is 0 Å². The van der Waals surface area contributed by atoms with Gasteiger partial charge in [0.25, 0.3) is 0 Å². The molecule has 5 heteroatoms. The largest absolute Gasteiger partial charge is 0.491 e. The van der Waals surface area contributed by atoms with E-state index in [-0.39, 0.29) is 11.3 Å². The Hall–Kier alpha value is -1.62. The van der Waals surface area contributed by atoms with Crippen LogP contribution in [0.25, 0.3) is 11.0 Å².